The first-order valence-electron chi connectivity index (χ1n) is 17.0. The SMILES string of the molecule is [B-]P(=O)(OP(=O)(O)OCC1CN(Cc2ccccc2)CC([n+]2cn(C)c3c(=O)[nH]c(N)nc32)O1)OP(=O)(O)OC[C@H]1O[C@@H](n2cnc3c(=O)[nH]c(N)nc32)[C@H](O)[C@@H]1O. The van der Waals surface area contributed by atoms with Crippen molar-refractivity contribution in [3.8, 4) is 0 Å². The van der Waals surface area contributed by atoms with E-state index in [9.17, 15) is 43.3 Å². The molecule has 0 spiro atoms. The normalized spacial score (nSPS) is 26.1. The number of imidazole rings is 2. The third-order valence-corrected chi connectivity index (χ3v) is 13.3. The number of aliphatic hydroxyl groups is 2. The molecule has 311 valence electrons. The van der Waals surface area contributed by atoms with Crippen LogP contribution in [0.15, 0.2) is 52.6 Å². The Morgan fingerprint density at radius 1 is 0.948 bits per heavy atom. The number of hydrogen-bond acceptors (Lipinski definition) is 19. The summed E-state index contributed by atoms with van der Waals surface area (Å²) in [5.74, 6) is -0.419. The fourth-order valence-corrected chi connectivity index (χ4v) is 10.3. The summed E-state index contributed by atoms with van der Waals surface area (Å²) in [4.78, 5) is 64.2. The number of fused-ring (bicyclic) bond motifs is 2. The zero-order chi connectivity index (χ0) is 41.7. The van der Waals surface area contributed by atoms with Gasteiger partial charge < -0.3 is 53.1 Å². The maximum Gasteiger partial charge on any atom is 0.476 e. The molecule has 6 heterocycles. The number of benzene rings is 1. The fraction of sp³-hybridized carbons (Fsp3) is 0.429. The molecule has 7 rings (SSSR count). The maximum absolute atomic E-state index is 13.0. The van der Waals surface area contributed by atoms with E-state index in [1.165, 1.54) is 4.57 Å². The summed E-state index contributed by atoms with van der Waals surface area (Å²) in [6.07, 6.45) is -5.66. The first-order valence-corrected chi connectivity index (χ1v) is 21.6. The van der Waals surface area contributed by atoms with Gasteiger partial charge in [-0.05, 0) is 5.56 Å². The Morgan fingerprint density at radius 3 is 2.31 bits per heavy atom. The highest BCUT2D eigenvalue weighted by molar-refractivity contribution is 7.86. The molecule has 30 heteroatoms. The molecular weight excluding hydrogens is 834 g/mol. The Kier molecular flexibility index (Phi) is 11.7. The summed E-state index contributed by atoms with van der Waals surface area (Å²) in [5, 5.41) is 21.2. The van der Waals surface area contributed by atoms with Crippen LogP contribution >= 0.6 is 23.1 Å². The van der Waals surface area contributed by atoms with Crippen LogP contribution in [0.5, 0.6) is 0 Å². The van der Waals surface area contributed by atoms with Crippen LogP contribution < -0.4 is 27.2 Å². The van der Waals surface area contributed by atoms with E-state index >= 15 is 0 Å². The van der Waals surface area contributed by atoms with Gasteiger partial charge in [0, 0.05) is 13.1 Å². The van der Waals surface area contributed by atoms with Gasteiger partial charge in [-0.1, -0.05) is 35.3 Å². The summed E-state index contributed by atoms with van der Waals surface area (Å²) >= 11 is 0. The second-order valence-corrected chi connectivity index (χ2v) is 18.0. The number of aryl methyl sites for hydroxylation is 1. The minimum atomic E-state index is -5.53. The van der Waals surface area contributed by atoms with Crippen molar-refractivity contribution in [2.45, 2.75) is 43.4 Å². The number of nitrogens with zero attached hydrogens (tertiary/aromatic N) is 7. The summed E-state index contributed by atoms with van der Waals surface area (Å²) in [6, 6.07) is 9.34. The van der Waals surface area contributed by atoms with Crippen LogP contribution in [0.1, 0.15) is 18.0 Å². The number of H-pyrrole nitrogens is 2. The average molecular weight is 870 g/mol. The zero-order valence-electron chi connectivity index (χ0n) is 30.0. The van der Waals surface area contributed by atoms with Gasteiger partial charge in [-0.15, -0.1) is 0 Å². The molecule has 0 bridgehead atoms. The first kappa shape index (κ1) is 42.0. The largest absolute Gasteiger partial charge is 0.476 e. The highest BCUT2D eigenvalue weighted by Crippen LogP contribution is 2.67. The third-order valence-electron chi connectivity index (χ3n) is 8.90. The monoisotopic (exact) mass is 870 g/mol. The molecule has 26 nitrogen and oxygen atoms in total. The van der Waals surface area contributed by atoms with E-state index in [0.29, 0.717) is 6.54 Å². The summed E-state index contributed by atoms with van der Waals surface area (Å²) in [7, 11) is -9.39. The summed E-state index contributed by atoms with van der Waals surface area (Å²) < 4.78 is 73.3. The minimum Gasteiger partial charge on any atom is -0.442 e. The highest BCUT2D eigenvalue weighted by Gasteiger charge is 2.46. The molecule has 10 N–H and O–H groups in total. The molecule has 0 saturated carbocycles. The molecule has 3 radical (unpaired) electrons. The fourth-order valence-electron chi connectivity index (χ4n) is 6.51. The van der Waals surface area contributed by atoms with Crippen LogP contribution in [0.2, 0.25) is 0 Å². The number of nitrogens with two attached hydrogens (primary N) is 2. The van der Waals surface area contributed by atoms with E-state index in [2.05, 4.69) is 33.5 Å². The number of rotatable bonds is 14. The Hall–Kier alpha value is -4.17. The zero-order valence-corrected chi connectivity index (χ0v) is 32.7. The lowest BCUT2D eigenvalue weighted by atomic mass is 10.1. The van der Waals surface area contributed by atoms with Crippen LogP contribution in [0.3, 0.4) is 0 Å². The number of hydrogen-bond donors (Lipinski definition) is 8. The Balaban J connectivity index is 0.983. The third kappa shape index (κ3) is 9.17. The number of aromatic amines is 2. The number of aromatic nitrogens is 8. The highest BCUT2D eigenvalue weighted by atomic mass is 31.3. The smallest absolute Gasteiger partial charge is 0.442 e. The molecule has 0 aliphatic carbocycles. The van der Waals surface area contributed by atoms with E-state index in [1.54, 1.807) is 17.9 Å². The van der Waals surface area contributed by atoms with Crippen LogP contribution in [0.25, 0.3) is 22.3 Å². The van der Waals surface area contributed by atoms with E-state index in [0.717, 1.165) is 16.5 Å². The Bertz CT molecular complexity index is 2590. The molecule has 5 unspecified atom stereocenters. The molecule has 2 fully saturated rings. The molecule has 2 saturated heterocycles. The number of phosphoric ester groups is 2. The van der Waals surface area contributed by atoms with Gasteiger partial charge >= 0.3 is 21.3 Å². The molecular formula is C28H36BN11O15P3. The predicted octanol–water partition coefficient (Wildman–Crippen LogP) is -1.59. The number of phosphoric acid groups is 2. The Labute approximate surface area is 326 Å². The molecule has 4 aromatic heterocycles. The number of morpholine rings is 1. The van der Waals surface area contributed by atoms with E-state index in [-0.39, 0.29) is 47.3 Å². The van der Waals surface area contributed by atoms with Gasteiger partial charge in [-0.2, -0.15) is 4.98 Å². The van der Waals surface area contributed by atoms with Crippen molar-refractivity contribution in [3.63, 3.8) is 0 Å². The van der Waals surface area contributed by atoms with Crippen molar-refractivity contribution in [1.29, 1.82) is 0 Å². The number of aliphatic hydroxyl groups excluding tert-OH is 2. The predicted molar refractivity (Wildman–Crippen MR) is 197 cm³/mol. The lowest BCUT2D eigenvalue weighted by molar-refractivity contribution is -0.747. The molecule has 1 aromatic carbocycles. The van der Waals surface area contributed by atoms with Crippen molar-refractivity contribution in [2.24, 2.45) is 7.05 Å². The topological polar surface area (TPSA) is 361 Å². The lowest BCUT2D eigenvalue weighted by Gasteiger charge is -2.37. The molecule has 58 heavy (non-hydrogen) atoms. The van der Waals surface area contributed by atoms with E-state index in [1.807, 2.05) is 35.2 Å². The lowest BCUT2D eigenvalue weighted by Crippen LogP contribution is -2.55. The standard InChI is InChI=1S/C28H35BN11O15P3/c1-37-13-40(23-19(37)25(44)36-28(31)34-23)17-9-38(7-14-5-3-2-4-6-14)8-15(52-17)10-50-57(46,47)54-56(29,45)55-58(48,49)51-11-16-20(41)21(42)26(53-16)39-12-32-18-22(39)33-27(30)35-24(18)43/h2-6,12-13,15-17,20-21,26,41-42H,7-11H2,1H3,(H7-,30,31,33,34,35,36,43,44,46,47,48,49)/q-1/p+1/t15?,16-,17?,20-,21-,26-,56?/m1/s1. The van der Waals surface area contributed by atoms with Gasteiger partial charge in [0.15, 0.2) is 29.9 Å². The van der Waals surface area contributed by atoms with Crippen molar-refractivity contribution in [2.75, 3.05) is 37.8 Å². The van der Waals surface area contributed by atoms with E-state index in [4.69, 9.17) is 37.6 Å². The van der Waals surface area contributed by atoms with Gasteiger partial charge in [0.05, 0.1) is 46.7 Å². The maximum atomic E-state index is 13.0. The van der Waals surface area contributed by atoms with Crippen LogP contribution in [-0.2, 0) is 54.4 Å². The molecule has 0 amide bonds. The number of nitrogens with one attached hydrogen (secondary N) is 2. The molecule has 2 aliphatic rings. The second kappa shape index (κ2) is 16.1. The quantitative estimate of drug-likeness (QED) is 0.0354. The molecule has 5 aromatic rings. The van der Waals surface area contributed by atoms with Gasteiger partial charge in [-0.3, -0.25) is 42.6 Å². The van der Waals surface area contributed by atoms with Crippen molar-refractivity contribution in [3.05, 3.63) is 69.3 Å². The summed E-state index contributed by atoms with van der Waals surface area (Å²) in [5.41, 5.74) is 11.3. The molecule has 9 atom stereocenters. The average Bonchev–Trinajstić information content (AvgIpc) is 3.78. The van der Waals surface area contributed by atoms with Gasteiger partial charge in [-0.25, -0.2) is 27.3 Å². The number of ether oxygens (including phenoxy) is 2. The van der Waals surface area contributed by atoms with Crippen LogP contribution in [-0.4, -0.2) is 117 Å². The van der Waals surface area contributed by atoms with Gasteiger partial charge in [0.1, 0.15) is 18.3 Å². The van der Waals surface area contributed by atoms with Gasteiger partial charge in [0.2, 0.25) is 11.5 Å². The van der Waals surface area contributed by atoms with Crippen molar-refractivity contribution in [1.82, 2.24) is 39.0 Å². The van der Waals surface area contributed by atoms with Gasteiger partial charge in [0.25, 0.3) is 17.1 Å². The molecule has 2 aliphatic heterocycles. The summed E-state index contributed by atoms with van der Waals surface area (Å²) in [6.45, 7) is -0.879. The first-order chi connectivity index (χ1) is 27.3. The second-order valence-electron chi connectivity index (χ2n) is 13.2. The van der Waals surface area contributed by atoms with Crippen molar-refractivity contribution < 1.29 is 65.4 Å². The van der Waals surface area contributed by atoms with Crippen molar-refractivity contribution >= 4 is 64.9 Å². The van der Waals surface area contributed by atoms with E-state index < -0.39 is 84.3 Å². The minimum absolute atomic E-state index is 0.115. The number of anilines is 2. The van der Waals surface area contributed by atoms with Crippen LogP contribution in [0.4, 0.5) is 11.9 Å². The van der Waals surface area contributed by atoms with Crippen LogP contribution in [0, 0.1) is 0 Å². The Morgan fingerprint density at radius 2 is 1.60 bits per heavy atom. The number of nitrogen functional groups attached to an aromatic ring is 2.